The molecule has 6 nitrogen and oxygen atoms in total. The molecule has 0 amide bonds. The van der Waals surface area contributed by atoms with E-state index in [-0.39, 0.29) is 18.6 Å². The summed E-state index contributed by atoms with van der Waals surface area (Å²) in [5.41, 5.74) is 0. The molecule has 3 unspecified atom stereocenters. The first-order valence-corrected chi connectivity index (χ1v) is 17.9. The first-order valence-electron chi connectivity index (χ1n) is 15.3. The number of nitrogens with zero attached hydrogens (tertiary/aromatic N) is 1. The number of quaternary nitrogens is 1. The van der Waals surface area contributed by atoms with Crippen LogP contribution in [-0.2, 0) is 18.3 Å². The van der Waals surface area contributed by atoms with Gasteiger partial charge in [-0.05, 0) is 25.0 Å². The van der Waals surface area contributed by atoms with Gasteiger partial charge in [0.15, 0.2) is 0 Å². The van der Waals surface area contributed by atoms with Crippen LogP contribution in [0.4, 0.5) is 0 Å². The average molecular weight is 566 g/mol. The summed E-state index contributed by atoms with van der Waals surface area (Å²) in [5.74, 6) is 2.01. The van der Waals surface area contributed by atoms with Gasteiger partial charge < -0.3 is 23.2 Å². The van der Waals surface area contributed by atoms with Crippen LogP contribution in [0.2, 0.25) is 0 Å². The van der Waals surface area contributed by atoms with Crippen molar-refractivity contribution in [3.8, 4) is 0 Å². The summed E-state index contributed by atoms with van der Waals surface area (Å²) in [6.07, 6.45) is 21.5. The van der Waals surface area contributed by atoms with Crippen molar-refractivity contribution in [2.45, 2.75) is 122 Å². The van der Waals surface area contributed by atoms with Gasteiger partial charge in [-0.25, -0.2) is 0 Å². The van der Waals surface area contributed by atoms with Crippen LogP contribution in [-0.4, -0.2) is 69.6 Å². The summed E-state index contributed by atoms with van der Waals surface area (Å²) in [5, 5.41) is 0. The Kier molecular flexibility index (Phi) is 21.2. The third-order valence-electron chi connectivity index (χ3n) is 7.49. The van der Waals surface area contributed by atoms with Crippen LogP contribution in [0.15, 0.2) is 0 Å². The number of unbranched alkanes of at least 4 members (excludes halogenated alkanes) is 13. The molecular formula is C29H60NO5PS. The molecule has 8 heteroatoms. The van der Waals surface area contributed by atoms with Gasteiger partial charge >= 0.3 is 0 Å². The molecule has 0 aromatic rings. The highest BCUT2D eigenvalue weighted by molar-refractivity contribution is 7.99. The average Bonchev–Trinajstić information content (AvgIpc) is 3.01. The van der Waals surface area contributed by atoms with Crippen molar-refractivity contribution in [2.24, 2.45) is 5.92 Å². The van der Waals surface area contributed by atoms with Crippen LogP contribution in [0.5, 0.6) is 0 Å². The van der Waals surface area contributed by atoms with Gasteiger partial charge in [0.1, 0.15) is 0 Å². The molecular weight excluding hydrogens is 505 g/mol. The minimum Gasteiger partial charge on any atom is -0.756 e. The van der Waals surface area contributed by atoms with Gasteiger partial charge in [0, 0.05) is 25.2 Å². The van der Waals surface area contributed by atoms with E-state index in [4.69, 9.17) is 13.8 Å². The molecule has 0 aliphatic carbocycles. The zero-order valence-electron chi connectivity index (χ0n) is 24.8. The van der Waals surface area contributed by atoms with E-state index in [1.165, 1.54) is 89.9 Å². The van der Waals surface area contributed by atoms with Crippen LogP contribution in [0.25, 0.3) is 0 Å². The van der Waals surface area contributed by atoms with Crippen LogP contribution in [0, 0.1) is 5.92 Å². The second kappa shape index (κ2) is 22.1. The Hall–Kier alpha value is 0.380. The molecule has 1 heterocycles. The van der Waals surface area contributed by atoms with Gasteiger partial charge in [-0.2, -0.15) is 11.8 Å². The molecule has 0 N–H and O–H groups in total. The number of ether oxygens (including phenoxy) is 1. The lowest BCUT2D eigenvalue weighted by molar-refractivity contribution is -0.889. The summed E-state index contributed by atoms with van der Waals surface area (Å²) in [7, 11) is 1.72. The summed E-state index contributed by atoms with van der Waals surface area (Å²) in [4.78, 5) is 12.4. The molecule has 1 aliphatic rings. The van der Waals surface area contributed by atoms with Crippen molar-refractivity contribution in [2.75, 3.05) is 59.0 Å². The van der Waals surface area contributed by atoms with Crippen LogP contribution in [0.3, 0.4) is 0 Å². The summed E-state index contributed by atoms with van der Waals surface area (Å²) >= 11 is 1.88. The van der Waals surface area contributed by atoms with Crippen molar-refractivity contribution in [3.63, 3.8) is 0 Å². The van der Waals surface area contributed by atoms with Crippen molar-refractivity contribution < 1.29 is 27.7 Å². The number of phosphoric ester groups is 1. The Bertz CT molecular complexity index is 581. The standard InChI is InChI=1S/C29H60NO5PS/c1-5-6-7-8-9-10-11-12-13-14-15-16-17-18-24-37-27-28(25-33-4)26-34-36(31,32)35-29-20-19-22-30(2,3)23-21-29/h28-29H,5-27H2,1-4H3. The first kappa shape index (κ1) is 35.4. The smallest absolute Gasteiger partial charge is 0.268 e. The molecule has 0 radical (unpaired) electrons. The molecule has 0 aromatic carbocycles. The van der Waals surface area contributed by atoms with E-state index < -0.39 is 7.82 Å². The Balaban J connectivity index is 2.04. The highest BCUT2D eigenvalue weighted by Crippen LogP contribution is 2.42. The molecule has 222 valence electrons. The fraction of sp³-hybridized carbons (Fsp3) is 1.00. The van der Waals surface area contributed by atoms with E-state index in [0.717, 1.165) is 48.3 Å². The lowest BCUT2D eigenvalue weighted by Crippen LogP contribution is -2.40. The highest BCUT2D eigenvalue weighted by atomic mass is 32.2. The summed E-state index contributed by atoms with van der Waals surface area (Å²) < 4.78 is 29.4. The third-order valence-corrected chi connectivity index (χ3v) is 9.80. The molecule has 0 saturated carbocycles. The summed E-state index contributed by atoms with van der Waals surface area (Å²) in [6, 6.07) is 0. The molecule has 1 fully saturated rings. The van der Waals surface area contributed by atoms with Crippen molar-refractivity contribution in [1.82, 2.24) is 0 Å². The van der Waals surface area contributed by atoms with Gasteiger partial charge in [0.2, 0.25) is 0 Å². The second-order valence-corrected chi connectivity index (χ2v) is 14.3. The van der Waals surface area contributed by atoms with Crippen molar-refractivity contribution in [1.29, 1.82) is 0 Å². The molecule has 37 heavy (non-hydrogen) atoms. The van der Waals surface area contributed by atoms with E-state index in [1.807, 2.05) is 11.8 Å². The number of hydrogen-bond donors (Lipinski definition) is 0. The second-order valence-electron chi connectivity index (χ2n) is 11.8. The van der Waals surface area contributed by atoms with Crippen LogP contribution < -0.4 is 4.89 Å². The van der Waals surface area contributed by atoms with Crippen LogP contribution >= 0.6 is 19.6 Å². The topological polar surface area (TPSA) is 67.8 Å². The van der Waals surface area contributed by atoms with E-state index in [2.05, 4.69) is 21.0 Å². The molecule has 0 aromatic heterocycles. The fourth-order valence-corrected chi connectivity index (χ4v) is 7.17. The Morgan fingerprint density at radius 1 is 0.865 bits per heavy atom. The zero-order valence-corrected chi connectivity index (χ0v) is 26.5. The maximum Gasteiger partial charge on any atom is 0.268 e. The zero-order chi connectivity index (χ0) is 27.2. The maximum absolute atomic E-state index is 12.4. The molecule has 1 aliphatic heterocycles. The monoisotopic (exact) mass is 565 g/mol. The minimum absolute atomic E-state index is 0.0530. The fourth-order valence-electron chi connectivity index (χ4n) is 5.04. The molecule has 0 bridgehead atoms. The lowest BCUT2D eigenvalue weighted by atomic mass is 10.0. The lowest BCUT2D eigenvalue weighted by Gasteiger charge is -2.30. The van der Waals surface area contributed by atoms with E-state index in [9.17, 15) is 9.46 Å². The molecule has 0 spiro atoms. The SMILES string of the molecule is CCCCCCCCCCCCCCCCSCC(COC)COP(=O)([O-])OC1CCC[N+](C)(C)CC1. The molecule has 3 atom stereocenters. The van der Waals surface area contributed by atoms with E-state index >= 15 is 0 Å². The van der Waals surface area contributed by atoms with E-state index in [0.29, 0.717) is 6.61 Å². The van der Waals surface area contributed by atoms with Gasteiger partial charge in [0.25, 0.3) is 7.82 Å². The number of phosphoric acid groups is 1. The Morgan fingerprint density at radius 3 is 2.00 bits per heavy atom. The summed E-state index contributed by atoms with van der Waals surface area (Å²) in [6.45, 7) is 4.89. The minimum atomic E-state index is -4.30. The van der Waals surface area contributed by atoms with Gasteiger partial charge in [-0.3, -0.25) is 4.57 Å². The molecule has 1 rings (SSSR count). The predicted octanol–water partition coefficient (Wildman–Crippen LogP) is 7.59. The number of thioether (sulfide) groups is 1. The van der Waals surface area contributed by atoms with Crippen molar-refractivity contribution >= 4 is 19.6 Å². The van der Waals surface area contributed by atoms with Gasteiger partial charge in [-0.15, -0.1) is 0 Å². The molecule has 1 saturated heterocycles. The Labute approximate surface area is 234 Å². The third kappa shape index (κ3) is 20.9. The predicted molar refractivity (Wildman–Crippen MR) is 157 cm³/mol. The Morgan fingerprint density at radius 2 is 1.43 bits per heavy atom. The number of rotatable bonds is 24. The quantitative estimate of drug-likeness (QED) is 0.0682. The highest BCUT2D eigenvalue weighted by Gasteiger charge is 2.27. The van der Waals surface area contributed by atoms with Gasteiger partial charge in [0.05, 0.1) is 46.5 Å². The van der Waals surface area contributed by atoms with E-state index in [1.54, 1.807) is 7.11 Å². The number of likely N-dealkylation sites (tertiary alicyclic amines) is 1. The van der Waals surface area contributed by atoms with Crippen LogP contribution in [0.1, 0.15) is 116 Å². The first-order chi connectivity index (χ1) is 17.8. The maximum atomic E-state index is 12.4. The van der Waals surface area contributed by atoms with Gasteiger partial charge in [-0.1, -0.05) is 90.4 Å². The number of methoxy groups -OCH3 is 1. The normalized spacial score (nSPS) is 20.4. The number of hydrogen-bond acceptors (Lipinski definition) is 6. The van der Waals surface area contributed by atoms with Crippen molar-refractivity contribution in [3.05, 3.63) is 0 Å². The largest absolute Gasteiger partial charge is 0.756 e.